The number of nitrogens with zero attached hydrogens (tertiary/aromatic N) is 1. The third-order valence-electron chi connectivity index (χ3n) is 2.75. The van der Waals surface area contributed by atoms with Crippen LogP contribution in [0.2, 0.25) is 0 Å². The summed E-state index contributed by atoms with van der Waals surface area (Å²) in [5, 5.41) is 2.83. The van der Waals surface area contributed by atoms with Crippen molar-refractivity contribution in [1.82, 2.24) is 10.2 Å². The van der Waals surface area contributed by atoms with Crippen LogP contribution in [0, 0.1) is 0 Å². The minimum absolute atomic E-state index is 0.0748. The van der Waals surface area contributed by atoms with Crippen molar-refractivity contribution in [3.63, 3.8) is 0 Å². The molecule has 0 aliphatic carbocycles. The number of hydrogen-bond acceptors (Lipinski definition) is 2. The van der Waals surface area contributed by atoms with Crippen molar-refractivity contribution < 1.29 is 8.78 Å². The summed E-state index contributed by atoms with van der Waals surface area (Å²) >= 11 is 0. The van der Waals surface area contributed by atoms with Gasteiger partial charge in [0.2, 0.25) is 0 Å². The van der Waals surface area contributed by atoms with Crippen molar-refractivity contribution in [1.29, 1.82) is 0 Å². The molecule has 2 nitrogen and oxygen atoms in total. The van der Waals surface area contributed by atoms with E-state index in [1.54, 1.807) is 18.2 Å². The molecule has 0 saturated heterocycles. The summed E-state index contributed by atoms with van der Waals surface area (Å²) in [6.07, 6.45) is 1.94. The van der Waals surface area contributed by atoms with Crippen LogP contribution in [0.15, 0.2) is 30.3 Å². The van der Waals surface area contributed by atoms with Gasteiger partial charge in [0.25, 0.3) is 5.92 Å². The van der Waals surface area contributed by atoms with Crippen LogP contribution in [0.4, 0.5) is 8.78 Å². The van der Waals surface area contributed by atoms with Crippen LogP contribution < -0.4 is 5.32 Å². The van der Waals surface area contributed by atoms with E-state index in [1.807, 2.05) is 14.1 Å². The smallest absolute Gasteiger partial charge is 0.285 e. The fourth-order valence-corrected chi connectivity index (χ4v) is 1.71. The number of halogens is 2. The van der Waals surface area contributed by atoms with Gasteiger partial charge in [-0.15, -0.1) is 0 Å². The summed E-state index contributed by atoms with van der Waals surface area (Å²) in [7, 11) is 4.02. The number of hydrogen-bond donors (Lipinski definition) is 1. The Hall–Kier alpha value is -1.00. The van der Waals surface area contributed by atoms with Crippen molar-refractivity contribution in [3.8, 4) is 0 Å². The maximum atomic E-state index is 13.7. The van der Waals surface area contributed by atoms with Crippen LogP contribution >= 0.6 is 0 Å². The Balaban J connectivity index is 2.22. The van der Waals surface area contributed by atoms with Crippen molar-refractivity contribution >= 4 is 0 Å². The molecule has 0 atom stereocenters. The quantitative estimate of drug-likeness (QED) is 0.719. The second kappa shape index (κ2) is 7.44. The summed E-state index contributed by atoms with van der Waals surface area (Å²) in [4.78, 5) is 2.10. The molecule has 0 amide bonds. The van der Waals surface area contributed by atoms with E-state index in [4.69, 9.17) is 0 Å². The number of nitrogens with one attached hydrogen (secondary N) is 1. The first-order chi connectivity index (χ1) is 8.52. The molecule has 0 spiro atoms. The normalized spacial score (nSPS) is 12.1. The molecule has 0 radical (unpaired) electrons. The molecule has 0 heterocycles. The molecular weight excluding hydrogens is 234 g/mol. The first kappa shape index (κ1) is 15.1. The topological polar surface area (TPSA) is 15.3 Å². The Morgan fingerprint density at radius 3 is 2.39 bits per heavy atom. The van der Waals surface area contributed by atoms with E-state index < -0.39 is 5.92 Å². The molecule has 0 aliphatic heterocycles. The molecule has 1 aromatic carbocycles. The van der Waals surface area contributed by atoms with Crippen molar-refractivity contribution in [2.45, 2.75) is 18.8 Å². The Kier molecular flexibility index (Phi) is 6.22. The van der Waals surface area contributed by atoms with E-state index in [0.717, 1.165) is 19.4 Å². The van der Waals surface area contributed by atoms with E-state index in [0.29, 0.717) is 6.54 Å². The first-order valence-corrected chi connectivity index (χ1v) is 6.31. The van der Waals surface area contributed by atoms with E-state index in [9.17, 15) is 8.78 Å². The summed E-state index contributed by atoms with van der Waals surface area (Å²) < 4.78 is 27.4. The minimum atomic E-state index is -2.79. The van der Waals surface area contributed by atoms with Crippen LogP contribution in [-0.2, 0) is 5.92 Å². The Bertz CT molecular complexity index is 326. The van der Waals surface area contributed by atoms with E-state index in [2.05, 4.69) is 10.2 Å². The molecule has 4 heteroatoms. The molecule has 1 rings (SSSR count). The fraction of sp³-hybridized carbons (Fsp3) is 0.571. The van der Waals surface area contributed by atoms with Gasteiger partial charge in [-0.25, -0.2) is 0 Å². The molecule has 18 heavy (non-hydrogen) atoms. The number of alkyl halides is 2. The Morgan fingerprint density at radius 1 is 1.11 bits per heavy atom. The lowest BCUT2D eigenvalue weighted by Crippen LogP contribution is -2.31. The highest BCUT2D eigenvalue weighted by Crippen LogP contribution is 2.26. The van der Waals surface area contributed by atoms with Crippen molar-refractivity contribution in [3.05, 3.63) is 35.9 Å². The SMILES string of the molecule is CN(C)CCCCNCC(F)(F)c1ccccc1. The molecule has 0 aromatic heterocycles. The van der Waals surface area contributed by atoms with E-state index >= 15 is 0 Å². The predicted molar refractivity (Wildman–Crippen MR) is 71.0 cm³/mol. The van der Waals surface area contributed by atoms with Gasteiger partial charge in [0.05, 0.1) is 6.54 Å². The highest BCUT2D eigenvalue weighted by Gasteiger charge is 2.30. The molecule has 0 saturated carbocycles. The van der Waals surface area contributed by atoms with Crippen LogP contribution in [-0.4, -0.2) is 38.6 Å². The molecule has 0 fully saturated rings. The third-order valence-corrected chi connectivity index (χ3v) is 2.75. The molecule has 1 aromatic rings. The summed E-state index contributed by atoms with van der Waals surface area (Å²) in [5.41, 5.74) is 0.0748. The molecule has 0 bridgehead atoms. The van der Waals surface area contributed by atoms with Gasteiger partial charge in [0.1, 0.15) is 0 Å². The highest BCUT2D eigenvalue weighted by molar-refractivity contribution is 5.20. The van der Waals surface area contributed by atoms with Gasteiger partial charge in [0, 0.05) is 5.56 Å². The fourth-order valence-electron chi connectivity index (χ4n) is 1.71. The van der Waals surface area contributed by atoms with Gasteiger partial charge in [-0.1, -0.05) is 30.3 Å². The molecular formula is C14H22F2N2. The number of rotatable bonds is 8. The maximum Gasteiger partial charge on any atom is 0.285 e. The second-order valence-electron chi connectivity index (χ2n) is 4.76. The van der Waals surface area contributed by atoms with Gasteiger partial charge < -0.3 is 10.2 Å². The monoisotopic (exact) mass is 256 g/mol. The average Bonchev–Trinajstić information content (AvgIpc) is 2.34. The largest absolute Gasteiger partial charge is 0.311 e. The maximum absolute atomic E-state index is 13.7. The van der Waals surface area contributed by atoms with Gasteiger partial charge in [-0.05, 0) is 40.0 Å². The standard InChI is InChI=1S/C14H22F2N2/c1-18(2)11-7-6-10-17-12-14(15,16)13-8-4-3-5-9-13/h3-5,8-9,17H,6-7,10-12H2,1-2H3. The van der Waals surface area contributed by atoms with Crippen LogP contribution in [0.5, 0.6) is 0 Å². The zero-order chi connectivity index (χ0) is 13.4. The summed E-state index contributed by atoms with van der Waals surface area (Å²) in [5.74, 6) is -2.79. The summed E-state index contributed by atoms with van der Waals surface area (Å²) in [6.45, 7) is 1.34. The Morgan fingerprint density at radius 2 is 1.78 bits per heavy atom. The van der Waals surface area contributed by atoms with E-state index in [1.165, 1.54) is 12.1 Å². The Labute approximate surface area is 108 Å². The molecule has 0 unspecified atom stereocenters. The predicted octanol–water partition coefficient (Wildman–Crippen LogP) is 2.71. The van der Waals surface area contributed by atoms with Gasteiger partial charge >= 0.3 is 0 Å². The van der Waals surface area contributed by atoms with Crippen LogP contribution in [0.3, 0.4) is 0 Å². The average molecular weight is 256 g/mol. The van der Waals surface area contributed by atoms with Gasteiger partial charge in [-0.3, -0.25) is 0 Å². The van der Waals surface area contributed by atoms with Crippen molar-refractivity contribution in [2.24, 2.45) is 0 Å². The first-order valence-electron chi connectivity index (χ1n) is 6.31. The molecule has 102 valence electrons. The second-order valence-corrected chi connectivity index (χ2v) is 4.76. The number of unbranched alkanes of at least 4 members (excludes halogenated alkanes) is 1. The van der Waals surface area contributed by atoms with Crippen molar-refractivity contribution in [2.75, 3.05) is 33.7 Å². The number of benzene rings is 1. The third kappa shape index (κ3) is 5.56. The lowest BCUT2D eigenvalue weighted by molar-refractivity contribution is -0.00302. The molecule has 0 aliphatic rings. The highest BCUT2D eigenvalue weighted by atomic mass is 19.3. The van der Waals surface area contributed by atoms with Crippen LogP contribution in [0.1, 0.15) is 18.4 Å². The lowest BCUT2D eigenvalue weighted by Gasteiger charge is -2.17. The van der Waals surface area contributed by atoms with Gasteiger partial charge in [0.15, 0.2) is 0 Å². The zero-order valence-electron chi connectivity index (χ0n) is 11.1. The lowest BCUT2D eigenvalue weighted by atomic mass is 10.1. The van der Waals surface area contributed by atoms with E-state index in [-0.39, 0.29) is 12.1 Å². The van der Waals surface area contributed by atoms with Crippen LogP contribution in [0.25, 0.3) is 0 Å². The zero-order valence-corrected chi connectivity index (χ0v) is 11.1. The minimum Gasteiger partial charge on any atom is -0.311 e. The summed E-state index contributed by atoms with van der Waals surface area (Å²) in [6, 6.07) is 7.95. The molecule has 1 N–H and O–H groups in total. The van der Waals surface area contributed by atoms with Gasteiger partial charge in [-0.2, -0.15) is 8.78 Å².